The summed E-state index contributed by atoms with van der Waals surface area (Å²) in [5, 5.41) is 10.8. The Morgan fingerprint density at radius 1 is 1.38 bits per heavy atom. The summed E-state index contributed by atoms with van der Waals surface area (Å²) in [7, 11) is 0. The van der Waals surface area contributed by atoms with E-state index in [1.54, 1.807) is 19.1 Å². The highest BCUT2D eigenvalue weighted by molar-refractivity contribution is 5.46. The molecule has 0 aliphatic heterocycles. The largest absolute Gasteiger partial charge is 0.439 e. The van der Waals surface area contributed by atoms with E-state index in [0.29, 0.717) is 35.3 Å². The Kier molecular flexibility index (Phi) is 4.29. The van der Waals surface area contributed by atoms with Gasteiger partial charge in [0.2, 0.25) is 5.88 Å². The molecule has 0 saturated carbocycles. The summed E-state index contributed by atoms with van der Waals surface area (Å²) in [5.41, 5.74) is 3.00. The molecule has 0 fully saturated rings. The number of hydrogen-bond donors (Lipinski definition) is 2. The lowest BCUT2D eigenvalue weighted by Gasteiger charge is -2.08. The summed E-state index contributed by atoms with van der Waals surface area (Å²) < 4.78 is 5.61. The first-order valence-electron chi connectivity index (χ1n) is 6.31. The third-order valence-electron chi connectivity index (χ3n) is 2.80. The van der Waals surface area contributed by atoms with Crippen molar-refractivity contribution in [1.29, 1.82) is 0 Å². The number of nitro benzene ring substituents is 1. The lowest BCUT2D eigenvalue weighted by Crippen LogP contribution is -2.10. The van der Waals surface area contributed by atoms with Gasteiger partial charge in [0.1, 0.15) is 17.4 Å². The molecule has 0 saturated heterocycles. The SMILES string of the molecule is CCc1nc(NN)cc(Oc2ccc([N+](=O)[O-])c(C)c2)n1. The summed E-state index contributed by atoms with van der Waals surface area (Å²) in [4.78, 5) is 18.7. The fraction of sp³-hybridized carbons (Fsp3) is 0.231. The zero-order valence-electron chi connectivity index (χ0n) is 11.7. The van der Waals surface area contributed by atoms with E-state index in [0.717, 1.165) is 0 Å². The number of aryl methyl sites for hydroxylation is 2. The molecule has 110 valence electrons. The van der Waals surface area contributed by atoms with Gasteiger partial charge in [-0.1, -0.05) is 6.92 Å². The zero-order chi connectivity index (χ0) is 15.4. The van der Waals surface area contributed by atoms with Gasteiger partial charge in [-0.05, 0) is 19.1 Å². The lowest BCUT2D eigenvalue weighted by atomic mass is 10.2. The van der Waals surface area contributed by atoms with Gasteiger partial charge in [0.15, 0.2) is 0 Å². The van der Waals surface area contributed by atoms with Gasteiger partial charge in [0, 0.05) is 24.1 Å². The maximum absolute atomic E-state index is 10.8. The number of ether oxygens (including phenoxy) is 1. The number of nitrogens with two attached hydrogens (primary N) is 1. The van der Waals surface area contributed by atoms with Gasteiger partial charge in [-0.2, -0.15) is 4.98 Å². The predicted octanol–water partition coefficient (Wildman–Crippen LogP) is 2.33. The van der Waals surface area contributed by atoms with E-state index in [1.807, 2.05) is 6.92 Å². The maximum Gasteiger partial charge on any atom is 0.272 e. The molecule has 0 unspecified atom stereocenters. The van der Waals surface area contributed by atoms with Gasteiger partial charge in [-0.15, -0.1) is 0 Å². The average molecular weight is 289 g/mol. The molecular weight excluding hydrogens is 274 g/mol. The van der Waals surface area contributed by atoms with Crippen molar-refractivity contribution < 1.29 is 9.66 Å². The number of aromatic nitrogens is 2. The first-order chi connectivity index (χ1) is 10.0. The van der Waals surface area contributed by atoms with Crippen molar-refractivity contribution in [3.63, 3.8) is 0 Å². The number of nitro groups is 1. The third-order valence-corrected chi connectivity index (χ3v) is 2.80. The number of anilines is 1. The molecule has 0 radical (unpaired) electrons. The van der Waals surface area contributed by atoms with Crippen molar-refractivity contribution in [3.05, 3.63) is 45.8 Å². The van der Waals surface area contributed by atoms with E-state index < -0.39 is 4.92 Å². The molecule has 0 atom stereocenters. The number of benzene rings is 1. The minimum atomic E-state index is -0.435. The van der Waals surface area contributed by atoms with Crippen LogP contribution in [-0.4, -0.2) is 14.9 Å². The Morgan fingerprint density at radius 3 is 2.71 bits per heavy atom. The monoisotopic (exact) mass is 289 g/mol. The van der Waals surface area contributed by atoms with Crippen LogP contribution in [0.3, 0.4) is 0 Å². The lowest BCUT2D eigenvalue weighted by molar-refractivity contribution is -0.385. The molecule has 0 aliphatic carbocycles. The molecule has 0 spiro atoms. The molecule has 2 aromatic rings. The number of rotatable bonds is 5. The van der Waals surface area contributed by atoms with Gasteiger partial charge >= 0.3 is 0 Å². The van der Waals surface area contributed by atoms with E-state index in [9.17, 15) is 10.1 Å². The van der Waals surface area contributed by atoms with Crippen molar-refractivity contribution in [1.82, 2.24) is 9.97 Å². The van der Waals surface area contributed by atoms with Crippen LogP contribution in [0, 0.1) is 17.0 Å². The number of nitrogens with zero attached hydrogens (tertiary/aromatic N) is 3. The summed E-state index contributed by atoms with van der Waals surface area (Å²) in [6.07, 6.45) is 0.630. The van der Waals surface area contributed by atoms with E-state index in [2.05, 4.69) is 15.4 Å². The van der Waals surface area contributed by atoms with E-state index >= 15 is 0 Å². The van der Waals surface area contributed by atoms with Crippen molar-refractivity contribution >= 4 is 11.5 Å². The number of hydrazine groups is 1. The number of nitrogens with one attached hydrogen (secondary N) is 1. The Balaban J connectivity index is 2.29. The molecule has 0 aliphatic rings. The van der Waals surface area contributed by atoms with Gasteiger partial charge in [-0.25, -0.2) is 10.8 Å². The summed E-state index contributed by atoms with van der Waals surface area (Å²) in [5.74, 6) is 7.15. The third kappa shape index (κ3) is 3.42. The molecule has 8 heteroatoms. The highest BCUT2D eigenvalue weighted by atomic mass is 16.6. The van der Waals surface area contributed by atoms with Crippen LogP contribution in [-0.2, 0) is 6.42 Å². The highest BCUT2D eigenvalue weighted by Crippen LogP contribution is 2.27. The Hall–Kier alpha value is -2.74. The first-order valence-corrected chi connectivity index (χ1v) is 6.31. The second-order valence-electron chi connectivity index (χ2n) is 4.31. The normalized spacial score (nSPS) is 10.2. The van der Waals surface area contributed by atoms with Gasteiger partial charge in [0.05, 0.1) is 4.92 Å². The molecule has 0 amide bonds. The minimum absolute atomic E-state index is 0.0450. The van der Waals surface area contributed by atoms with Gasteiger partial charge in [0.25, 0.3) is 5.69 Å². The number of hydrogen-bond acceptors (Lipinski definition) is 7. The first kappa shape index (κ1) is 14.7. The van der Waals surface area contributed by atoms with Crippen LogP contribution in [0.2, 0.25) is 0 Å². The van der Waals surface area contributed by atoms with Crippen LogP contribution in [0.5, 0.6) is 11.6 Å². The molecular formula is C13H15N5O3. The van der Waals surface area contributed by atoms with E-state index in [4.69, 9.17) is 10.6 Å². The average Bonchev–Trinajstić information content (AvgIpc) is 2.46. The highest BCUT2D eigenvalue weighted by Gasteiger charge is 2.12. The quantitative estimate of drug-likeness (QED) is 0.493. The second-order valence-corrected chi connectivity index (χ2v) is 4.31. The molecule has 0 bridgehead atoms. The van der Waals surface area contributed by atoms with Crippen LogP contribution in [0.1, 0.15) is 18.3 Å². The van der Waals surface area contributed by atoms with Crippen LogP contribution in [0.4, 0.5) is 11.5 Å². The second kappa shape index (κ2) is 6.14. The molecule has 8 nitrogen and oxygen atoms in total. The Labute approximate surface area is 121 Å². The minimum Gasteiger partial charge on any atom is -0.439 e. The topological polar surface area (TPSA) is 116 Å². The van der Waals surface area contributed by atoms with Crippen molar-refractivity contribution in [2.75, 3.05) is 5.43 Å². The van der Waals surface area contributed by atoms with Crippen LogP contribution in [0.15, 0.2) is 24.3 Å². The van der Waals surface area contributed by atoms with Gasteiger partial charge in [-0.3, -0.25) is 10.1 Å². The molecule has 1 aromatic heterocycles. The van der Waals surface area contributed by atoms with E-state index in [-0.39, 0.29) is 5.69 Å². The predicted molar refractivity (Wildman–Crippen MR) is 77.1 cm³/mol. The van der Waals surface area contributed by atoms with Crippen LogP contribution >= 0.6 is 0 Å². The summed E-state index contributed by atoms with van der Waals surface area (Å²) in [6.45, 7) is 3.56. The fourth-order valence-corrected chi connectivity index (χ4v) is 1.77. The molecule has 2 rings (SSSR count). The van der Waals surface area contributed by atoms with Crippen LogP contribution in [0.25, 0.3) is 0 Å². The Bertz CT molecular complexity index is 653. The summed E-state index contributed by atoms with van der Waals surface area (Å²) >= 11 is 0. The van der Waals surface area contributed by atoms with Crippen molar-refractivity contribution in [3.8, 4) is 11.6 Å². The Morgan fingerprint density at radius 2 is 2.14 bits per heavy atom. The fourth-order valence-electron chi connectivity index (χ4n) is 1.77. The zero-order valence-corrected chi connectivity index (χ0v) is 11.7. The molecule has 3 N–H and O–H groups in total. The smallest absolute Gasteiger partial charge is 0.272 e. The number of nitrogen functional groups attached to an aromatic ring is 1. The van der Waals surface area contributed by atoms with Crippen molar-refractivity contribution in [2.45, 2.75) is 20.3 Å². The molecule has 21 heavy (non-hydrogen) atoms. The van der Waals surface area contributed by atoms with Crippen molar-refractivity contribution in [2.24, 2.45) is 5.84 Å². The van der Waals surface area contributed by atoms with Gasteiger partial charge < -0.3 is 10.2 Å². The summed E-state index contributed by atoms with van der Waals surface area (Å²) in [6, 6.07) is 6.06. The molecule has 1 heterocycles. The standard InChI is InChI=1S/C13H15N5O3/c1-3-11-15-12(17-14)7-13(16-11)21-9-4-5-10(18(19)20)8(2)6-9/h4-7H,3,14H2,1-2H3,(H,15,16,17). The van der Waals surface area contributed by atoms with Crippen LogP contribution < -0.4 is 16.0 Å². The molecule has 1 aromatic carbocycles. The van der Waals surface area contributed by atoms with E-state index in [1.165, 1.54) is 12.1 Å². The maximum atomic E-state index is 10.8.